The molecule has 3 unspecified atom stereocenters. The molecule has 0 bridgehead atoms. The van der Waals surface area contributed by atoms with Crippen molar-refractivity contribution in [2.75, 3.05) is 19.7 Å². The summed E-state index contributed by atoms with van der Waals surface area (Å²) in [5.41, 5.74) is -0.821. The van der Waals surface area contributed by atoms with Crippen LogP contribution in [0.15, 0.2) is 66.3 Å². The van der Waals surface area contributed by atoms with Crippen LogP contribution in [-0.4, -0.2) is 53.6 Å². The molecule has 7 nitrogen and oxygen atoms in total. The molecular formula is C22H23FN2O5. The second kappa shape index (κ2) is 11.0. The van der Waals surface area contributed by atoms with Crippen LogP contribution < -0.4 is 5.32 Å². The number of carboxylic acid groups (broad SMARTS) is 2. The Labute approximate surface area is 173 Å². The van der Waals surface area contributed by atoms with E-state index in [2.05, 4.69) is 5.32 Å². The summed E-state index contributed by atoms with van der Waals surface area (Å²) in [4.78, 5) is 19.1. The standard InChI is InChI=1S/C18H19FN2O.C4H4O4/c19-18(13-22-16-9-10-21-12-16)15(11-20)7-4-8-17(18)14-5-2-1-3-6-14;5-3(6)1-2-4(7)8/h1-8,16-17,21H,9-10,12-13H2;1-2H,(H,5,6)(H,7,8)/b;2-1+. The maximum atomic E-state index is 15.8. The van der Waals surface area contributed by atoms with Gasteiger partial charge in [0.25, 0.3) is 0 Å². The minimum Gasteiger partial charge on any atom is -0.478 e. The smallest absolute Gasteiger partial charge is 0.328 e. The summed E-state index contributed by atoms with van der Waals surface area (Å²) in [6.07, 6.45) is 7.14. The normalized spacial score (nSPS) is 25.1. The van der Waals surface area contributed by atoms with Gasteiger partial charge in [0.15, 0.2) is 5.67 Å². The number of nitriles is 1. The summed E-state index contributed by atoms with van der Waals surface area (Å²) in [5.74, 6) is -3.01. The van der Waals surface area contributed by atoms with Crippen molar-refractivity contribution < 1.29 is 28.9 Å². The summed E-state index contributed by atoms with van der Waals surface area (Å²) in [7, 11) is 0. The fraction of sp³-hybridized carbons (Fsp3) is 0.318. The summed E-state index contributed by atoms with van der Waals surface area (Å²) < 4.78 is 21.5. The maximum absolute atomic E-state index is 15.8. The molecule has 3 N–H and O–H groups in total. The monoisotopic (exact) mass is 414 g/mol. The number of aliphatic carboxylic acids is 2. The Bertz CT molecular complexity index is 853. The van der Waals surface area contributed by atoms with E-state index in [1.165, 1.54) is 0 Å². The Hall–Kier alpha value is -3.28. The SMILES string of the molecule is N#CC1=CC=CC(c2ccccc2)C1(F)COC1CCNC1.O=C(O)/C=C/C(=O)O. The van der Waals surface area contributed by atoms with Gasteiger partial charge in [-0.1, -0.05) is 42.5 Å². The molecule has 0 spiro atoms. The lowest BCUT2D eigenvalue weighted by molar-refractivity contribution is -0.134. The Balaban J connectivity index is 0.000000343. The number of nitrogens with zero attached hydrogens (tertiary/aromatic N) is 1. The quantitative estimate of drug-likeness (QED) is 0.612. The van der Waals surface area contributed by atoms with Gasteiger partial charge < -0.3 is 20.3 Å². The van der Waals surface area contributed by atoms with Crippen molar-refractivity contribution in [2.24, 2.45) is 0 Å². The Morgan fingerprint density at radius 3 is 2.47 bits per heavy atom. The van der Waals surface area contributed by atoms with Crippen molar-refractivity contribution in [1.82, 2.24) is 5.32 Å². The van der Waals surface area contributed by atoms with Gasteiger partial charge in [0.05, 0.1) is 24.4 Å². The predicted molar refractivity (Wildman–Crippen MR) is 107 cm³/mol. The third-order valence-electron chi connectivity index (χ3n) is 4.70. The van der Waals surface area contributed by atoms with Gasteiger partial charge in [-0.25, -0.2) is 14.0 Å². The first-order valence-corrected chi connectivity index (χ1v) is 9.36. The number of hydrogen-bond acceptors (Lipinski definition) is 5. The van der Waals surface area contributed by atoms with Crippen molar-refractivity contribution in [3.05, 3.63) is 71.8 Å². The first-order chi connectivity index (χ1) is 14.4. The second-order valence-corrected chi connectivity index (χ2v) is 6.76. The molecule has 3 atom stereocenters. The third-order valence-corrected chi connectivity index (χ3v) is 4.70. The fourth-order valence-corrected chi connectivity index (χ4v) is 3.21. The van der Waals surface area contributed by atoms with Crippen LogP contribution in [0.4, 0.5) is 4.39 Å². The van der Waals surface area contributed by atoms with E-state index in [-0.39, 0.29) is 18.3 Å². The second-order valence-electron chi connectivity index (χ2n) is 6.76. The first kappa shape index (κ1) is 23.0. The molecule has 0 aromatic heterocycles. The highest BCUT2D eigenvalue weighted by Gasteiger charge is 2.45. The topological polar surface area (TPSA) is 120 Å². The summed E-state index contributed by atoms with van der Waals surface area (Å²) in [6.45, 7) is 1.54. The van der Waals surface area contributed by atoms with Crippen LogP contribution in [0.25, 0.3) is 0 Å². The molecule has 1 aromatic carbocycles. The van der Waals surface area contributed by atoms with Gasteiger partial charge in [-0.3, -0.25) is 0 Å². The lowest BCUT2D eigenvalue weighted by Crippen LogP contribution is -2.40. The van der Waals surface area contributed by atoms with Gasteiger partial charge in [0.2, 0.25) is 0 Å². The van der Waals surface area contributed by atoms with Crippen LogP contribution in [0.3, 0.4) is 0 Å². The molecule has 8 heteroatoms. The average Bonchev–Trinajstić information content (AvgIpc) is 3.26. The molecule has 0 saturated carbocycles. The van der Waals surface area contributed by atoms with Gasteiger partial charge in [0.1, 0.15) is 0 Å². The third kappa shape index (κ3) is 6.37. The number of benzene rings is 1. The number of ether oxygens (including phenoxy) is 1. The first-order valence-electron chi connectivity index (χ1n) is 9.36. The highest BCUT2D eigenvalue weighted by Crippen LogP contribution is 2.41. The van der Waals surface area contributed by atoms with Gasteiger partial charge in [-0.2, -0.15) is 5.26 Å². The molecule has 1 aliphatic carbocycles. The van der Waals surface area contributed by atoms with E-state index in [0.29, 0.717) is 12.2 Å². The number of rotatable bonds is 6. The summed E-state index contributed by atoms with van der Waals surface area (Å²) >= 11 is 0. The van der Waals surface area contributed by atoms with Crippen LogP contribution in [0.1, 0.15) is 17.9 Å². The van der Waals surface area contributed by atoms with E-state index >= 15 is 4.39 Å². The van der Waals surface area contributed by atoms with E-state index in [0.717, 1.165) is 25.1 Å². The van der Waals surface area contributed by atoms with Gasteiger partial charge in [0, 0.05) is 24.6 Å². The minimum atomic E-state index is -1.81. The van der Waals surface area contributed by atoms with E-state index in [4.69, 9.17) is 14.9 Å². The molecule has 3 rings (SSSR count). The molecule has 2 aliphatic rings. The van der Waals surface area contributed by atoms with Crippen molar-refractivity contribution in [3.63, 3.8) is 0 Å². The van der Waals surface area contributed by atoms with Gasteiger partial charge in [-0.15, -0.1) is 0 Å². The van der Waals surface area contributed by atoms with Crippen molar-refractivity contribution in [3.8, 4) is 6.07 Å². The largest absolute Gasteiger partial charge is 0.478 e. The summed E-state index contributed by atoms with van der Waals surface area (Å²) in [6, 6.07) is 11.5. The predicted octanol–water partition coefficient (Wildman–Crippen LogP) is 2.59. The van der Waals surface area contributed by atoms with Crippen LogP contribution in [-0.2, 0) is 14.3 Å². The lowest BCUT2D eigenvalue weighted by atomic mass is 9.76. The van der Waals surface area contributed by atoms with Crippen LogP contribution in [0, 0.1) is 11.3 Å². The van der Waals surface area contributed by atoms with E-state index in [1.807, 2.05) is 42.5 Å². The fourth-order valence-electron chi connectivity index (χ4n) is 3.21. The molecule has 1 heterocycles. The molecule has 1 fully saturated rings. The van der Waals surface area contributed by atoms with Crippen LogP contribution in [0.5, 0.6) is 0 Å². The van der Waals surface area contributed by atoms with E-state index in [9.17, 15) is 14.9 Å². The summed E-state index contributed by atoms with van der Waals surface area (Å²) in [5, 5.41) is 28.1. The Kier molecular flexibility index (Phi) is 8.47. The zero-order valence-corrected chi connectivity index (χ0v) is 16.2. The Morgan fingerprint density at radius 1 is 1.27 bits per heavy atom. The number of carbonyl (C=O) groups is 2. The average molecular weight is 414 g/mol. The molecule has 0 amide bonds. The molecule has 158 valence electrons. The number of nitrogens with one attached hydrogen (secondary N) is 1. The number of alkyl halides is 1. The Morgan fingerprint density at radius 2 is 1.93 bits per heavy atom. The number of carboxylic acids is 2. The number of halogens is 1. The van der Waals surface area contributed by atoms with Crippen molar-refractivity contribution in [2.45, 2.75) is 24.1 Å². The van der Waals surface area contributed by atoms with Crippen LogP contribution >= 0.6 is 0 Å². The molecular weight excluding hydrogens is 391 g/mol. The highest BCUT2D eigenvalue weighted by molar-refractivity contribution is 5.89. The van der Waals surface area contributed by atoms with Crippen molar-refractivity contribution in [1.29, 1.82) is 5.26 Å². The molecule has 0 radical (unpaired) electrons. The van der Waals surface area contributed by atoms with Crippen LogP contribution in [0.2, 0.25) is 0 Å². The van der Waals surface area contributed by atoms with E-state index in [1.54, 1.807) is 12.2 Å². The lowest BCUT2D eigenvalue weighted by Gasteiger charge is -2.34. The zero-order chi connectivity index (χ0) is 22.0. The number of hydrogen-bond donors (Lipinski definition) is 3. The molecule has 30 heavy (non-hydrogen) atoms. The maximum Gasteiger partial charge on any atom is 0.328 e. The molecule has 1 aliphatic heterocycles. The van der Waals surface area contributed by atoms with Gasteiger partial charge >= 0.3 is 11.9 Å². The molecule has 1 saturated heterocycles. The van der Waals surface area contributed by atoms with E-state index < -0.39 is 23.5 Å². The molecule has 1 aromatic rings. The highest BCUT2D eigenvalue weighted by atomic mass is 19.1. The number of allylic oxidation sites excluding steroid dienone is 3. The van der Waals surface area contributed by atoms with Crippen molar-refractivity contribution >= 4 is 11.9 Å². The zero-order valence-electron chi connectivity index (χ0n) is 16.2. The minimum absolute atomic E-state index is 0.0231. The van der Waals surface area contributed by atoms with Gasteiger partial charge in [-0.05, 0) is 24.6 Å².